The highest BCUT2D eigenvalue weighted by molar-refractivity contribution is 7.99. The van der Waals surface area contributed by atoms with Crippen molar-refractivity contribution in [3.05, 3.63) is 107 Å². The van der Waals surface area contributed by atoms with E-state index in [1.54, 1.807) is 30.0 Å². The lowest BCUT2D eigenvalue weighted by atomic mass is 9.98. The lowest BCUT2D eigenvalue weighted by Gasteiger charge is -2.31. The van der Waals surface area contributed by atoms with E-state index in [1.807, 2.05) is 36.2 Å². The number of rotatable bonds is 6. The summed E-state index contributed by atoms with van der Waals surface area (Å²) in [5.41, 5.74) is 2.74. The third-order valence-corrected chi connectivity index (χ3v) is 8.98. The van der Waals surface area contributed by atoms with Crippen LogP contribution in [0.3, 0.4) is 0 Å². The molecule has 1 fully saturated rings. The minimum Gasteiger partial charge on any atom is -0.508 e. The van der Waals surface area contributed by atoms with E-state index in [0.717, 1.165) is 28.4 Å². The van der Waals surface area contributed by atoms with E-state index >= 15 is 0 Å². The predicted molar refractivity (Wildman–Crippen MR) is 182 cm³/mol. The zero-order valence-electron chi connectivity index (χ0n) is 24.8. The molecule has 4 N–H and O–H groups in total. The Morgan fingerprint density at radius 1 is 0.870 bits per heavy atom. The molecule has 2 atom stereocenters. The number of nitrogens with one attached hydrogen (secondary N) is 2. The Morgan fingerprint density at radius 3 is 2.28 bits per heavy atom. The summed E-state index contributed by atoms with van der Waals surface area (Å²) in [6.07, 6.45) is 0.755. The van der Waals surface area contributed by atoms with E-state index in [2.05, 4.69) is 10.6 Å². The maximum absolute atomic E-state index is 13.7. The first-order valence-electron chi connectivity index (χ1n) is 14.3. The molecule has 6 rings (SSSR count). The lowest BCUT2D eigenvalue weighted by Crippen LogP contribution is -2.49. The van der Waals surface area contributed by atoms with E-state index in [4.69, 9.17) is 4.74 Å². The monoisotopic (exact) mass is 681 g/mol. The third kappa shape index (κ3) is 7.10. The van der Waals surface area contributed by atoms with Crippen molar-refractivity contribution in [2.75, 3.05) is 25.0 Å². The van der Waals surface area contributed by atoms with Crippen molar-refractivity contribution in [1.29, 1.82) is 0 Å². The van der Waals surface area contributed by atoms with Crippen molar-refractivity contribution in [2.45, 2.75) is 34.8 Å². The summed E-state index contributed by atoms with van der Waals surface area (Å²) in [6, 6.07) is 22.9. The number of aromatic hydroxyl groups is 2. The zero-order chi connectivity index (χ0) is 30.8. The van der Waals surface area contributed by atoms with Crippen molar-refractivity contribution in [3.63, 3.8) is 0 Å². The number of nitrogens with zero attached hydrogens (tertiary/aromatic N) is 1. The van der Waals surface area contributed by atoms with Gasteiger partial charge in [0.25, 0.3) is 5.91 Å². The molecule has 12 heteroatoms. The van der Waals surface area contributed by atoms with E-state index in [0.29, 0.717) is 29.8 Å². The normalized spacial score (nSPS) is 16.8. The number of hydrogen-bond acceptors (Lipinski definition) is 9. The average Bonchev–Trinajstić information content (AvgIpc) is 3.26. The molecule has 0 spiro atoms. The van der Waals surface area contributed by atoms with Crippen LogP contribution in [0.4, 0.5) is 11.4 Å². The van der Waals surface area contributed by atoms with Gasteiger partial charge in [-0.25, -0.2) is 4.79 Å². The van der Waals surface area contributed by atoms with Gasteiger partial charge < -0.3 is 30.5 Å². The van der Waals surface area contributed by atoms with Crippen LogP contribution in [0.15, 0.2) is 94.7 Å². The minimum absolute atomic E-state index is 0. The van der Waals surface area contributed by atoms with Crippen molar-refractivity contribution < 1.29 is 29.3 Å². The fraction of sp³-hybridized carbons (Fsp3) is 0.206. The van der Waals surface area contributed by atoms with E-state index in [1.165, 1.54) is 42.5 Å². The van der Waals surface area contributed by atoms with Gasteiger partial charge in [0, 0.05) is 34.5 Å². The number of phenolic OH excluding ortho intramolecular Hbond substituents is 2. The van der Waals surface area contributed by atoms with E-state index in [-0.39, 0.29) is 59.1 Å². The second-order valence-corrected chi connectivity index (χ2v) is 11.8. The summed E-state index contributed by atoms with van der Waals surface area (Å²) in [7, 11) is 1.87. The van der Waals surface area contributed by atoms with Crippen LogP contribution < -0.4 is 15.5 Å². The topological polar surface area (TPSA) is 128 Å². The molecule has 1 saturated heterocycles. The van der Waals surface area contributed by atoms with Gasteiger partial charge in [-0.3, -0.25) is 9.59 Å². The molecule has 0 aliphatic carbocycles. The first-order valence-corrected chi connectivity index (χ1v) is 15.1. The second kappa shape index (κ2) is 14.9. The Hall–Kier alpha value is -4.22. The van der Waals surface area contributed by atoms with Crippen LogP contribution in [0.25, 0.3) is 0 Å². The van der Waals surface area contributed by atoms with Gasteiger partial charge in [0.1, 0.15) is 17.6 Å². The molecule has 46 heavy (non-hydrogen) atoms. The Bertz CT molecular complexity index is 1740. The molecule has 4 aromatic rings. The van der Waals surface area contributed by atoms with Crippen LogP contribution in [0.2, 0.25) is 0 Å². The third-order valence-electron chi connectivity index (χ3n) is 7.87. The predicted octanol–water partition coefficient (Wildman–Crippen LogP) is 6.11. The Kier molecular flexibility index (Phi) is 11.2. The van der Waals surface area contributed by atoms with E-state index in [9.17, 15) is 24.6 Å². The number of anilines is 2. The fourth-order valence-electron chi connectivity index (χ4n) is 5.54. The molecule has 2 aliphatic rings. The van der Waals surface area contributed by atoms with Gasteiger partial charge in [-0.2, -0.15) is 0 Å². The SMILES string of the molecule is CN1c2ccccc2Sc2ccc(O)c(C(=O)c3ccc(C(=O)O[C@@H]4CCCNC[C@H]4NC(=O)c4ccc(O)cc4)cc3)c21.Cl.Cl. The quantitative estimate of drug-likeness (QED) is 0.141. The molecule has 0 radical (unpaired) electrons. The van der Waals surface area contributed by atoms with Crippen LogP contribution in [0.1, 0.15) is 49.5 Å². The summed E-state index contributed by atoms with van der Waals surface area (Å²) in [5.74, 6) is -1.31. The molecular weight excluding hydrogens is 649 g/mol. The van der Waals surface area contributed by atoms with Crippen molar-refractivity contribution in [3.8, 4) is 11.5 Å². The van der Waals surface area contributed by atoms with E-state index < -0.39 is 18.1 Å². The molecule has 9 nitrogen and oxygen atoms in total. The molecule has 240 valence electrons. The molecule has 2 aliphatic heterocycles. The summed E-state index contributed by atoms with van der Waals surface area (Å²) in [4.78, 5) is 43.6. The first-order chi connectivity index (χ1) is 21.3. The van der Waals surface area contributed by atoms with Gasteiger partial charge in [-0.15, -0.1) is 24.8 Å². The number of carbonyl (C=O) groups excluding carboxylic acids is 3. The number of carbonyl (C=O) groups is 3. The largest absolute Gasteiger partial charge is 0.508 e. The molecule has 0 unspecified atom stereocenters. The molecule has 2 heterocycles. The van der Waals surface area contributed by atoms with Crippen LogP contribution in [-0.4, -0.2) is 60.2 Å². The van der Waals surface area contributed by atoms with Gasteiger partial charge in [-0.1, -0.05) is 36.0 Å². The molecule has 0 saturated carbocycles. The maximum atomic E-state index is 13.7. The van der Waals surface area contributed by atoms with Gasteiger partial charge in [0.05, 0.1) is 28.5 Å². The van der Waals surface area contributed by atoms with Gasteiger partial charge in [0.2, 0.25) is 0 Å². The summed E-state index contributed by atoms with van der Waals surface area (Å²) < 4.78 is 5.88. The highest BCUT2D eigenvalue weighted by atomic mass is 35.5. The first kappa shape index (κ1) is 34.6. The summed E-state index contributed by atoms with van der Waals surface area (Å²) >= 11 is 1.54. The number of amides is 1. The zero-order valence-corrected chi connectivity index (χ0v) is 27.2. The van der Waals surface area contributed by atoms with Gasteiger partial charge in [0.15, 0.2) is 5.78 Å². The number of halogens is 2. The average molecular weight is 683 g/mol. The maximum Gasteiger partial charge on any atom is 0.338 e. The smallest absolute Gasteiger partial charge is 0.338 e. The van der Waals surface area contributed by atoms with Crippen LogP contribution in [0, 0.1) is 0 Å². The number of benzene rings is 4. The summed E-state index contributed by atoms with van der Waals surface area (Å²) in [6.45, 7) is 1.16. The Morgan fingerprint density at radius 2 is 1.54 bits per heavy atom. The molecule has 4 aromatic carbocycles. The van der Waals surface area contributed by atoms with Gasteiger partial charge in [-0.05, 0) is 80.1 Å². The number of hydrogen-bond donors (Lipinski definition) is 4. The van der Waals surface area contributed by atoms with Crippen molar-refractivity contribution in [2.24, 2.45) is 0 Å². The number of para-hydroxylation sites is 1. The molecule has 0 bridgehead atoms. The molecule has 0 aromatic heterocycles. The fourth-order valence-corrected chi connectivity index (χ4v) is 6.70. The summed E-state index contributed by atoms with van der Waals surface area (Å²) in [5, 5.41) is 26.5. The Labute approximate surface area is 283 Å². The van der Waals surface area contributed by atoms with Crippen LogP contribution >= 0.6 is 36.6 Å². The standard InChI is InChI=1S/C34H31N3O6S.2ClH/c1-37-25-5-2-3-7-28(25)44-29-17-16-26(39)30(31(29)37)32(40)20-8-10-22(11-9-20)34(42)43-27-6-4-18-35-19-24(27)36-33(41)21-12-14-23(38)15-13-21;;/h2-3,5,7-17,24,27,35,38-39H,4,6,18-19H2,1H3,(H,36,41);2*1H/t24-,27-;;/m1../s1. The number of fused-ring (bicyclic) bond motifs is 2. The van der Waals surface area contributed by atoms with Crippen LogP contribution in [-0.2, 0) is 4.74 Å². The van der Waals surface area contributed by atoms with Crippen molar-refractivity contribution in [1.82, 2.24) is 10.6 Å². The molecule has 1 amide bonds. The highest BCUT2D eigenvalue weighted by Crippen LogP contribution is 2.50. The van der Waals surface area contributed by atoms with Crippen LogP contribution in [0.5, 0.6) is 11.5 Å². The minimum atomic E-state index is -0.566. The Balaban J connectivity index is 0.00000240. The molecular formula is C34H33Cl2N3O6S. The second-order valence-electron chi connectivity index (χ2n) is 10.8. The number of esters is 1. The van der Waals surface area contributed by atoms with Gasteiger partial charge >= 0.3 is 5.97 Å². The van der Waals surface area contributed by atoms with Crippen molar-refractivity contribution >= 4 is 65.6 Å². The highest BCUT2D eigenvalue weighted by Gasteiger charge is 2.31. The number of ketones is 1. The lowest BCUT2D eigenvalue weighted by molar-refractivity contribution is 0.0192. The number of ether oxygens (including phenoxy) is 1. The number of phenols is 2.